The second-order valence-electron chi connectivity index (χ2n) is 4.33. The summed E-state index contributed by atoms with van der Waals surface area (Å²) in [6.07, 6.45) is -1.53. The summed E-state index contributed by atoms with van der Waals surface area (Å²) in [6.45, 7) is 1.15. The molecular formula is C13H16F3NO. The molecular weight excluding hydrogens is 243 g/mol. The van der Waals surface area contributed by atoms with Gasteiger partial charge < -0.3 is 4.74 Å². The normalized spacial score (nSPS) is 20.1. The van der Waals surface area contributed by atoms with E-state index in [9.17, 15) is 13.2 Å². The Morgan fingerprint density at radius 3 is 2.72 bits per heavy atom. The zero-order valence-corrected chi connectivity index (χ0v) is 9.99. The molecule has 0 aromatic heterocycles. The fourth-order valence-corrected chi connectivity index (χ4v) is 2.16. The summed E-state index contributed by atoms with van der Waals surface area (Å²) in [7, 11) is 0. The molecule has 2 nitrogen and oxygen atoms in total. The first-order valence-corrected chi connectivity index (χ1v) is 6.03. The van der Waals surface area contributed by atoms with Gasteiger partial charge in [0.05, 0.1) is 6.61 Å². The highest BCUT2D eigenvalue weighted by atomic mass is 19.3. The van der Waals surface area contributed by atoms with Crippen LogP contribution >= 0.6 is 0 Å². The fourth-order valence-electron chi connectivity index (χ4n) is 2.16. The van der Waals surface area contributed by atoms with Crippen molar-refractivity contribution in [3.05, 3.63) is 35.6 Å². The summed E-state index contributed by atoms with van der Waals surface area (Å²) in [6, 6.07) is 6.74. The number of rotatable bonds is 6. The van der Waals surface area contributed by atoms with Crippen LogP contribution < -0.4 is 0 Å². The molecule has 0 aliphatic carbocycles. The van der Waals surface area contributed by atoms with Crippen LogP contribution in [0.2, 0.25) is 0 Å². The fraction of sp³-hybridized carbons (Fsp3) is 0.538. The van der Waals surface area contributed by atoms with Crippen LogP contribution in [-0.2, 0) is 4.74 Å². The summed E-state index contributed by atoms with van der Waals surface area (Å²) in [5.41, 5.74) is 0.678. The largest absolute Gasteiger partial charge is 0.374 e. The molecule has 1 atom stereocenters. The smallest absolute Gasteiger partial charge is 0.261 e. The molecule has 1 fully saturated rings. The molecule has 18 heavy (non-hydrogen) atoms. The van der Waals surface area contributed by atoms with Crippen molar-refractivity contribution in [3.8, 4) is 0 Å². The van der Waals surface area contributed by atoms with Crippen molar-refractivity contribution in [3.63, 3.8) is 0 Å². The Kier molecular flexibility index (Phi) is 4.60. The third-order valence-electron chi connectivity index (χ3n) is 3.16. The van der Waals surface area contributed by atoms with E-state index in [4.69, 9.17) is 4.74 Å². The topological polar surface area (TPSA) is 12.5 Å². The molecule has 1 aromatic carbocycles. The Morgan fingerprint density at radius 2 is 2.11 bits per heavy atom. The quantitative estimate of drug-likeness (QED) is 0.728. The van der Waals surface area contributed by atoms with Crippen molar-refractivity contribution >= 4 is 0 Å². The minimum atomic E-state index is -2.43. The lowest BCUT2D eigenvalue weighted by Crippen LogP contribution is -2.43. The van der Waals surface area contributed by atoms with Gasteiger partial charge in [-0.2, -0.15) is 0 Å². The standard InChI is InChI=1S/C13H16F3NO/c14-11-4-2-1-3-10(11)12-5-6-17(12)7-8-18-9-13(15)16/h1-4,12-13H,5-9H2. The van der Waals surface area contributed by atoms with Gasteiger partial charge >= 0.3 is 0 Å². The van der Waals surface area contributed by atoms with Gasteiger partial charge in [0, 0.05) is 24.7 Å². The molecule has 0 saturated carbocycles. The Hall–Kier alpha value is -1.07. The lowest BCUT2D eigenvalue weighted by atomic mass is 9.94. The number of hydrogen-bond acceptors (Lipinski definition) is 2. The van der Waals surface area contributed by atoms with Crippen LogP contribution in [0.1, 0.15) is 18.0 Å². The third-order valence-corrected chi connectivity index (χ3v) is 3.16. The molecule has 0 spiro atoms. The zero-order chi connectivity index (χ0) is 13.0. The van der Waals surface area contributed by atoms with E-state index in [-0.39, 0.29) is 18.5 Å². The van der Waals surface area contributed by atoms with E-state index in [0.717, 1.165) is 13.0 Å². The maximum absolute atomic E-state index is 13.6. The van der Waals surface area contributed by atoms with E-state index in [1.807, 2.05) is 11.0 Å². The van der Waals surface area contributed by atoms with Crippen LogP contribution in [0, 0.1) is 5.82 Å². The van der Waals surface area contributed by atoms with Crippen molar-refractivity contribution in [1.29, 1.82) is 0 Å². The first-order valence-electron chi connectivity index (χ1n) is 6.03. The van der Waals surface area contributed by atoms with Crippen molar-refractivity contribution < 1.29 is 17.9 Å². The molecule has 1 aliphatic heterocycles. The summed E-state index contributed by atoms with van der Waals surface area (Å²) < 4.78 is 42.1. The lowest BCUT2D eigenvalue weighted by Gasteiger charge is -2.41. The summed E-state index contributed by atoms with van der Waals surface area (Å²) in [4.78, 5) is 2.05. The van der Waals surface area contributed by atoms with E-state index in [1.165, 1.54) is 6.07 Å². The number of alkyl halides is 2. The minimum Gasteiger partial charge on any atom is -0.374 e. The molecule has 100 valence electrons. The molecule has 5 heteroatoms. The number of halogens is 3. The Bertz CT molecular complexity index is 386. The molecule has 0 amide bonds. The van der Waals surface area contributed by atoms with Gasteiger partial charge in [-0.3, -0.25) is 4.90 Å². The van der Waals surface area contributed by atoms with Crippen LogP contribution in [0.4, 0.5) is 13.2 Å². The highest BCUT2D eigenvalue weighted by Crippen LogP contribution is 2.33. The predicted molar refractivity (Wildman–Crippen MR) is 62.2 cm³/mol. The lowest BCUT2D eigenvalue weighted by molar-refractivity contribution is -0.00811. The zero-order valence-electron chi connectivity index (χ0n) is 9.99. The number of ether oxygens (including phenoxy) is 1. The number of nitrogens with zero attached hydrogens (tertiary/aromatic N) is 1. The van der Waals surface area contributed by atoms with Crippen molar-refractivity contribution in [2.45, 2.75) is 18.9 Å². The maximum Gasteiger partial charge on any atom is 0.261 e. The minimum absolute atomic E-state index is 0.0568. The van der Waals surface area contributed by atoms with E-state index in [2.05, 4.69) is 0 Å². The summed E-state index contributed by atoms with van der Waals surface area (Å²) in [5, 5.41) is 0. The first kappa shape index (κ1) is 13.4. The third kappa shape index (κ3) is 3.23. The summed E-state index contributed by atoms with van der Waals surface area (Å²) in [5.74, 6) is -0.208. The van der Waals surface area contributed by atoms with E-state index in [1.54, 1.807) is 12.1 Å². The van der Waals surface area contributed by atoms with Crippen LogP contribution in [0.15, 0.2) is 24.3 Å². The predicted octanol–water partition coefficient (Wildman–Crippen LogP) is 2.85. The number of hydrogen-bond donors (Lipinski definition) is 0. The van der Waals surface area contributed by atoms with Crippen LogP contribution in [0.5, 0.6) is 0 Å². The van der Waals surface area contributed by atoms with Crippen molar-refractivity contribution in [2.24, 2.45) is 0 Å². The molecule has 1 saturated heterocycles. The maximum atomic E-state index is 13.6. The van der Waals surface area contributed by atoms with E-state index >= 15 is 0 Å². The molecule has 0 N–H and O–H groups in total. The Balaban J connectivity index is 1.80. The number of benzene rings is 1. The van der Waals surface area contributed by atoms with Crippen LogP contribution in [0.3, 0.4) is 0 Å². The number of likely N-dealkylation sites (tertiary alicyclic amines) is 1. The molecule has 1 heterocycles. The van der Waals surface area contributed by atoms with Gasteiger partial charge in [-0.15, -0.1) is 0 Å². The SMILES string of the molecule is Fc1ccccc1C1CCN1CCOCC(F)F. The molecule has 2 rings (SSSR count). The van der Waals surface area contributed by atoms with Crippen molar-refractivity contribution in [2.75, 3.05) is 26.3 Å². The van der Waals surface area contributed by atoms with Crippen LogP contribution in [-0.4, -0.2) is 37.6 Å². The highest BCUT2D eigenvalue weighted by molar-refractivity contribution is 5.23. The van der Waals surface area contributed by atoms with Gasteiger partial charge in [-0.25, -0.2) is 13.2 Å². The Labute approximate surface area is 104 Å². The van der Waals surface area contributed by atoms with E-state index < -0.39 is 13.0 Å². The molecule has 0 radical (unpaired) electrons. The highest BCUT2D eigenvalue weighted by Gasteiger charge is 2.30. The van der Waals surface area contributed by atoms with E-state index in [0.29, 0.717) is 12.1 Å². The Morgan fingerprint density at radius 1 is 1.33 bits per heavy atom. The van der Waals surface area contributed by atoms with Gasteiger partial charge in [0.15, 0.2) is 0 Å². The second kappa shape index (κ2) is 6.20. The molecule has 1 aliphatic rings. The summed E-state index contributed by atoms with van der Waals surface area (Å²) >= 11 is 0. The van der Waals surface area contributed by atoms with Gasteiger partial charge in [0.2, 0.25) is 0 Å². The van der Waals surface area contributed by atoms with Crippen molar-refractivity contribution in [1.82, 2.24) is 4.90 Å². The second-order valence-corrected chi connectivity index (χ2v) is 4.33. The molecule has 0 bridgehead atoms. The average Bonchev–Trinajstić information content (AvgIpc) is 2.30. The van der Waals surface area contributed by atoms with Gasteiger partial charge in [0.1, 0.15) is 12.4 Å². The van der Waals surface area contributed by atoms with Gasteiger partial charge in [-0.1, -0.05) is 18.2 Å². The van der Waals surface area contributed by atoms with Gasteiger partial charge in [-0.05, 0) is 12.5 Å². The molecule has 1 unspecified atom stereocenters. The average molecular weight is 259 g/mol. The van der Waals surface area contributed by atoms with Gasteiger partial charge in [0.25, 0.3) is 6.43 Å². The first-order chi connectivity index (χ1) is 8.68. The molecule has 1 aromatic rings. The monoisotopic (exact) mass is 259 g/mol. The van der Waals surface area contributed by atoms with Crippen LogP contribution in [0.25, 0.3) is 0 Å².